The number of H-pyrrole nitrogens is 1. The Morgan fingerprint density at radius 3 is 2.71 bits per heavy atom. The average molecular weight is 352 g/mol. The molecule has 1 aromatic heterocycles. The fourth-order valence-electron chi connectivity index (χ4n) is 3.31. The maximum atomic E-state index is 12.0. The maximum absolute atomic E-state index is 12.0. The molecule has 3 N–H and O–H groups in total. The van der Waals surface area contributed by atoms with E-state index >= 15 is 0 Å². The zero-order valence-electron chi connectivity index (χ0n) is 14.3. The molecule has 1 aliphatic heterocycles. The van der Waals surface area contributed by atoms with E-state index in [1.165, 1.54) is 0 Å². The lowest BCUT2D eigenvalue weighted by Crippen LogP contribution is -2.40. The first-order chi connectivity index (χ1) is 11.1. The summed E-state index contributed by atoms with van der Waals surface area (Å²) < 4.78 is 5.52. The normalized spacial score (nSPS) is 16.1. The SMILES string of the molecule is COc1ccc2cc(C)c(=O)[nH]c2c1CCN1CCC(N)CC1.Cl. The molecule has 0 radical (unpaired) electrons. The summed E-state index contributed by atoms with van der Waals surface area (Å²) >= 11 is 0. The molecule has 3 rings (SSSR count). The fraction of sp³-hybridized carbons (Fsp3) is 0.500. The molecular formula is C18H26ClN3O2. The minimum absolute atomic E-state index is 0. The topological polar surface area (TPSA) is 71.4 Å². The van der Waals surface area contributed by atoms with Gasteiger partial charge < -0.3 is 20.4 Å². The Morgan fingerprint density at radius 1 is 1.33 bits per heavy atom. The summed E-state index contributed by atoms with van der Waals surface area (Å²) in [5.41, 5.74) is 8.65. The van der Waals surface area contributed by atoms with Crippen molar-refractivity contribution in [1.29, 1.82) is 0 Å². The Balaban J connectivity index is 0.00000208. The van der Waals surface area contributed by atoms with Gasteiger partial charge >= 0.3 is 0 Å². The Morgan fingerprint density at radius 2 is 2.04 bits per heavy atom. The van der Waals surface area contributed by atoms with Crippen molar-refractivity contribution in [2.45, 2.75) is 32.2 Å². The quantitative estimate of drug-likeness (QED) is 0.886. The molecule has 0 atom stereocenters. The van der Waals surface area contributed by atoms with Gasteiger partial charge in [-0.25, -0.2) is 0 Å². The number of halogens is 1. The second kappa shape index (κ2) is 8.01. The Bertz CT molecular complexity index is 752. The molecular weight excluding hydrogens is 326 g/mol. The van der Waals surface area contributed by atoms with Crippen LogP contribution in [0.25, 0.3) is 10.9 Å². The van der Waals surface area contributed by atoms with Crippen molar-refractivity contribution in [2.75, 3.05) is 26.7 Å². The molecule has 1 saturated heterocycles. The monoisotopic (exact) mass is 351 g/mol. The van der Waals surface area contributed by atoms with Gasteiger partial charge in [0.2, 0.25) is 0 Å². The van der Waals surface area contributed by atoms with E-state index in [9.17, 15) is 4.79 Å². The number of ether oxygens (including phenoxy) is 1. The highest BCUT2D eigenvalue weighted by molar-refractivity contribution is 5.85. The Kier molecular flexibility index (Phi) is 6.27. The zero-order valence-corrected chi connectivity index (χ0v) is 15.1. The molecule has 6 heteroatoms. The minimum Gasteiger partial charge on any atom is -0.496 e. The average Bonchev–Trinajstić information content (AvgIpc) is 2.55. The molecule has 0 unspecified atom stereocenters. The summed E-state index contributed by atoms with van der Waals surface area (Å²) in [6.07, 6.45) is 2.97. The summed E-state index contributed by atoms with van der Waals surface area (Å²) in [6.45, 7) is 4.88. The number of piperidine rings is 1. The van der Waals surface area contributed by atoms with E-state index in [4.69, 9.17) is 10.5 Å². The van der Waals surface area contributed by atoms with Gasteiger partial charge in [0.15, 0.2) is 0 Å². The molecule has 0 aliphatic carbocycles. The van der Waals surface area contributed by atoms with E-state index in [1.807, 2.05) is 25.1 Å². The van der Waals surface area contributed by atoms with E-state index < -0.39 is 0 Å². The molecule has 5 nitrogen and oxygen atoms in total. The van der Waals surface area contributed by atoms with Gasteiger partial charge in [-0.1, -0.05) is 0 Å². The number of hydrogen-bond donors (Lipinski definition) is 2. The van der Waals surface area contributed by atoms with Gasteiger partial charge in [0.1, 0.15) is 5.75 Å². The number of benzene rings is 1. The van der Waals surface area contributed by atoms with Crippen LogP contribution in [0.4, 0.5) is 0 Å². The fourth-order valence-corrected chi connectivity index (χ4v) is 3.31. The number of aromatic amines is 1. The highest BCUT2D eigenvalue weighted by atomic mass is 35.5. The molecule has 2 aromatic rings. The van der Waals surface area contributed by atoms with Crippen LogP contribution in [0.1, 0.15) is 24.0 Å². The number of rotatable bonds is 4. The first-order valence-electron chi connectivity index (χ1n) is 8.26. The van der Waals surface area contributed by atoms with Crippen LogP contribution in [-0.4, -0.2) is 42.7 Å². The number of nitrogens with two attached hydrogens (primary N) is 1. The number of aromatic nitrogens is 1. The van der Waals surface area contributed by atoms with Gasteiger partial charge in [0.25, 0.3) is 5.56 Å². The predicted molar refractivity (Wildman–Crippen MR) is 100 cm³/mol. The van der Waals surface area contributed by atoms with Crippen LogP contribution >= 0.6 is 12.4 Å². The first kappa shape index (κ1) is 18.8. The number of methoxy groups -OCH3 is 1. The second-order valence-electron chi connectivity index (χ2n) is 6.42. The number of hydrogen-bond acceptors (Lipinski definition) is 4. The summed E-state index contributed by atoms with van der Waals surface area (Å²) in [4.78, 5) is 17.5. The highest BCUT2D eigenvalue weighted by Crippen LogP contribution is 2.27. The first-order valence-corrected chi connectivity index (χ1v) is 8.26. The van der Waals surface area contributed by atoms with Crippen molar-refractivity contribution >= 4 is 23.3 Å². The largest absolute Gasteiger partial charge is 0.496 e. The van der Waals surface area contributed by atoms with Crippen LogP contribution in [0, 0.1) is 6.92 Å². The minimum atomic E-state index is -0.0315. The third-order valence-corrected chi connectivity index (χ3v) is 4.80. The van der Waals surface area contributed by atoms with Gasteiger partial charge in [0.05, 0.1) is 12.6 Å². The molecule has 24 heavy (non-hydrogen) atoms. The molecule has 0 bridgehead atoms. The smallest absolute Gasteiger partial charge is 0.251 e. The van der Waals surface area contributed by atoms with Crippen LogP contribution in [0.15, 0.2) is 23.0 Å². The van der Waals surface area contributed by atoms with E-state index in [2.05, 4.69) is 9.88 Å². The van der Waals surface area contributed by atoms with Crippen molar-refractivity contribution in [1.82, 2.24) is 9.88 Å². The number of aryl methyl sites for hydroxylation is 1. The third kappa shape index (κ3) is 3.91. The number of likely N-dealkylation sites (tertiary alicyclic amines) is 1. The van der Waals surface area contributed by atoms with Crippen LogP contribution < -0.4 is 16.0 Å². The van der Waals surface area contributed by atoms with Crippen LogP contribution in [0.2, 0.25) is 0 Å². The molecule has 2 heterocycles. The van der Waals surface area contributed by atoms with Gasteiger partial charge in [-0.15, -0.1) is 12.4 Å². The summed E-state index contributed by atoms with van der Waals surface area (Å²) in [5.74, 6) is 0.839. The van der Waals surface area contributed by atoms with Crippen molar-refractivity contribution in [3.05, 3.63) is 39.7 Å². The number of fused-ring (bicyclic) bond motifs is 1. The van der Waals surface area contributed by atoms with Gasteiger partial charge in [-0.3, -0.25) is 4.79 Å². The lowest BCUT2D eigenvalue weighted by molar-refractivity contribution is 0.215. The molecule has 0 amide bonds. The zero-order chi connectivity index (χ0) is 16.4. The number of nitrogens with zero attached hydrogens (tertiary/aromatic N) is 1. The molecule has 0 spiro atoms. The molecule has 1 aromatic carbocycles. The van der Waals surface area contributed by atoms with Gasteiger partial charge in [-0.05, 0) is 62.9 Å². The molecule has 0 saturated carbocycles. The van der Waals surface area contributed by atoms with Gasteiger partial charge in [-0.2, -0.15) is 0 Å². The second-order valence-corrected chi connectivity index (χ2v) is 6.42. The van der Waals surface area contributed by atoms with Crippen molar-refractivity contribution < 1.29 is 4.74 Å². The number of pyridine rings is 1. The van der Waals surface area contributed by atoms with Crippen LogP contribution in [0.3, 0.4) is 0 Å². The Labute approximate surface area is 148 Å². The van der Waals surface area contributed by atoms with Crippen molar-refractivity contribution in [2.24, 2.45) is 5.73 Å². The van der Waals surface area contributed by atoms with E-state index in [0.717, 1.165) is 66.7 Å². The van der Waals surface area contributed by atoms with Crippen LogP contribution in [0.5, 0.6) is 5.75 Å². The summed E-state index contributed by atoms with van der Waals surface area (Å²) in [6, 6.07) is 6.27. The van der Waals surface area contributed by atoms with E-state index in [1.54, 1.807) is 7.11 Å². The van der Waals surface area contributed by atoms with Crippen molar-refractivity contribution in [3.8, 4) is 5.75 Å². The lowest BCUT2D eigenvalue weighted by atomic mass is 10.0. The van der Waals surface area contributed by atoms with Crippen LogP contribution in [-0.2, 0) is 6.42 Å². The van der Waals surface area contributed by atoms with Crippen molar-refractivity contribution in [3.63, 3.8) is 0 Å². The van der Waals surface area contributed by atoms with Gasteiger partial charge in [0, 0.05) is 23.7 Å². The standard InChI is InChI=1S/C18H25N3O2.ClH/c1-12-11-13-3-4-16(23-2)15(17(13)20-18(12)22)7-10-21-8-5-14(19)6-9-21;/h3-4,11,14H,5-10,19H2,1-2H3,(H,20,22);1H. The Hall–Kier alpha value is -1.56. The highest BCUT2D eigenvalue weighted by Gasteiger charge is 2.17. The number of nitrogens with one attached hydrogen (secondary N) is 1. The van der Waals surface area contributed by atoms with E-state index in [-0.39, 0.29) is 18.0 Å². The molecule has 1 fully saturated rings. The third-order valence-electron chi connectivity index (χ3n) is 4.80. The lowest BCUT2D eigenvalue weighted by Gasteiger charge is -2.30. The predicted octanol–water partition coefficient (Wildman–Crippen LogP) is 2.23. The summed E-state index contributed by atoms with van der Waals surface area (Å²) in [7, 11) is 1.68. The molecule has 1 aliphatic rings. The maximum Gasteiger partial charge on any atom is 0.251 e. The van der Waals surface area contributed by atoms with E-state index in [0.29, 0.717) is 6.04 Å². The molecule has 132 valence electrons. The summed E-state index contributed by atoms with van der Waals surface area (Å²) in [5, 5.41) is 1.05.